The molecule has 9 heteroatoms. The molecule has 9 nitrogen and oxygen atoms in total. The van der Waals surface area contributed by atoms with E-state index in [4.69, 9.17) is 4.74 Å². The summed E-state index contributed by atoms with van der Waals surface area (Å²) in [6.07, 6.45) is -1.56. The molecule has 4 aromatic rings. The minimum Gasteiger partial charge on any atom is -0.389 e. The van der Waals surface area contributed by atoms with Crippen molar-refractivity contribution >= 4 is 0 Å². The second-order valence-corrected chi connectivity index (χ2v) is 8.93. The van der Waals surface area contributed by atoms with Crippen LogP contribution in [0, 0.1) is 0 Å². The molecule has 1 saturated heterocycles. The monoisotopic (exact) mass is 495 g/mol. The molecule has 2 heterocycles. The topological polar surface area (TPSA) is 133 Å². The number of aliphatic hydroxyl groups is 1. The Bertz CT molecular complexity index is 1420. The first-order valence-corrected chi connectivity index (χ1v) is 11.9. The third kappa shape index (κ3) is 4.36. The van der Waals surface area contributed by atoms with E-state index in [0.29, 0.717) is 0 Å². The van der Waals surface area contributed by atoms with Crippen molar-refractivity contribution in [1.82, 2.24) is 9.55 Å². The Morgan fingerprint density at radius 1 is 0.919 bits per heavy atom. The van der Waals surface area contributed by atoms with Crippen molar-refractivity contribution in [2.75, 3.05) is 0 Å². The molecule has 1 aliphatic heterocycles. The van der Waals surface area contributed by atoms with Crippen LogP contribution in [-0.2, 0) is 10.2 Å². The Kier molecular flexibility index (Phi) is 6.74. The summed E-state index contributed by atoms with van der Waals surface area (Å²) < 4.78 is 7.53. The molecule has 4 atom stereocenters. The molecule has 3 aromatic carbocycles. The first kappa shape index (κ1) is 24.3. The summed E-state index contributed by atoms with van der Waals surface area (Å²) in [4.78, 5) is 29.3. The quantitative estimate of drug-likeness (QED) is 0.174. The highest BCUT2D eigenvalue weighted by atomic mass is 16.5. The van der Waals surface area contributed by atoms with Gasteiger partial charge >= 0.3 is 5.69 Å². The highest BCUT2D eigenvalue weighted by molar-refractivity contribution is 5.52. The Balaban J connectivity index is 1.70. The number of hydrogen-bond donors (Lipinski definition) is 2. The van der Waals surface area contributed by atoms with Gasteiger partial charge in [-0.1, -0.05) is 96.1 Å². The van der Waals surface area contributed by atoms with E-state index in [9.17, 15) is 20.2 Å². The number of rotatable bonds is 7. The van der Waals surface area contributed by atoms with Crippen LogP contribution in [-0.4, -0.2) is 32.9 Å². The van der Waals surface area contributed by atoms with Gasteiger partial charge in [-0.3, -0.25) is 14.3 Å². The zero-order valence-electron chi connectivity index (χ0n) is 19.8. The predicted octanol–water partition coefficient (Wildman–Crippen LogP) is 3.90. The minimum absolute atomic E-state index is 0.145. The molecule has 0 radical (unpaired) electrons. The van der Waals surface area contributed by atoms with Gasteiger partial charge in [-0.25, -0.2) is 4.79 Å². The molecule has 186 valence electrons. The summed E-state index contributed by atoms with van der Waals surface area (Å²) in [5.74, 6) is 0. The summed E-state index contributed by atoms with van der Waals surface area (Å²) in [7, 11) is 0. The van der Waals surface area contributed by atoms with E-state index in [1.54, 1.807) is 0 Å². The van der Waals surface area contributed by atoms with Crippen LogP contribution >= 0.6 is 0 Å². The lowest BCUT2D eigenvalue weighted by Gasteiger charge is -2.43. The van der Waals surface area contributed by atoms with Gasteiger partial charge < -0.3 is 9.84 Å². The second-order valence-electron chi connectivity index (χ2n) is 8.93. The zero-order chi connectivity index (χ0) is 25.8. The number of nitrogens with zero attached hydrogens (tertiary/aromatic N) is 4. The van der Waals surface area contributed by atoms with Gasteiger partial charge in [0.15, 0.2) is 0 Å². The number of aliphatic hydroxyl groups excluding tert-OH is 1. The minimum atomic E-state index is -1.22. The summed E-state index contributed by atoms with van der Waals surface area (Å²) in [6, 6.07) is 29.3. The third-order valence-electron chi connectivity index (χ3n) is 6.94. The fourth-order valence-corrected chi connectivity index (χ4v) is 5.33. The van der Waals surface area contributed by atoms with E-state index < -0.39 is 41.1 Å². The maximum atomic E-state index is 12.5. The molecule has 2 N–H and O–H groups in total. The molecule has 1 fully saturated rings. The van der Waals surface area contributed by atoms with Gasteiger partial charge in [0.2, 0.25) is 0 Å². The first-order valence-electron chi connectivity index (χ1n) is 11.9. The van der Waals surface area contributed by atoms with Crippen LogP contribution in [0.15, 0.2) is 118 Å². The summed E-state index contributed by atoms with van der Waals surface area (Å²) in [5.41, 5.74) is 9.54. The van der Waals surface area contributed by atoms with Gasteiger partial charge in [-0.05, 0) is 22.2 Å². The number of aromatic amines is 1. The van der Waals surface area contributed by atoms with Crippen molar-refractivity contribution in [3.8, 4) is 0 Å². The number of azide groups is 1. The number of ether oxygens (including phenoxy) is 1. The highest BCUT2D eigenvalue weighted by Crippen LogP contribution is 2.46. The second kappa shape index (κ2) is 10.3. The van der Waals surface area contributed by atoms with Gasteiger partial charge in [0, 0.05) is 23.6 Å². The van der Waals surface area contributed by atoms with Gasteiger partial charge in [0.05, 0.1) is 23.7 Å². The molecule has 1 aliphatic rings. The first-order chi connectivity index (χ1) is 18.1. The van der Waals surface area contributed by atoms with Crippen LogP contribution in [0.3, 0.4) is 0 Å². The Labute approximate surface area is 212 Å². The lowest BCUT2D eigenvalue weighted by molar-refractivity contribution is -0.0786. The van der Waals surface area contributed by atoms with Gasteiger partial charge in [0.25, 0.3) is 5.56 Å². The van der Waals surface area contributed by atoms with Crippen molar-refractivity contribution in [2.24, 2.45) is 5.11 Å². The molecule has 1 unspecified atom stereocenters. The third-order valence-corrected chi connectivity index (χ3v) is 6.94. The maximum absolute atomic E-state index is 12.5. The van der Waals surface area contributed by atoms with Crippen LogP contribution < -0.4 is 11.2 Å². The van der Waals surface area contributed by atoms with Crippen molar-refractivity contribution in [1.29, 1.82) is 0 Å². The van der Waals surface area contributed by atoms with Crippen molar-refractivity contribution in [2.45, 2.75) is 36.3 Å². The van der Waals surface area contributed by atoms with Crippen LogP contribution in [0.4, 0.5) is 0 Å². The summed E-state index contributed by atoms with van der Waals surface area (Å²) in [6.45, 7) is 0. The maximum Gasteiger partial charge on any atom is 0.330 e. The van der Waals surface area contributed by atoms with Crippen LogP contribution in [0.2, 0.25) is 0 Å². The molecule has 0 aliphatic carbocycles. The van der Waals surface area contributed by atoms with E-state index in [1.165, 1.54) is 16.8 Å². The molecule has 1 aromatic heterocycles. The van der Waals surface area contributed by atoms with Gasteiger partial charge in [-0.15, -0.1) is 0 Å². The van der Waals surface area contributed by atoms with E-state index in [0.717, 1.165) is 16.7 Å². The Morgan fingerprint density at radius 3 is 1.89 bits per heavy atom. The SMILES string of the molecule is [N-]=[N+]=N[C@H]1C[C@H](n2ccc(=O)[nH]c2=O)O[C@@H]1C(O)C(c1ccccc1)(c1ccccc1)c1ccccc1. The standard InChI is InChI=1S/C28H25N5O4/c29-32-31-22-18-24(33-17-16-23(34)30-27(33)36)37-25(22)26(35)28(19-10-4-1-5-11-19,20-12-6-2-7-13-20)21-14-8-3-9-15-21/h1-17,22,24-26,35H,18H2,(H,30,34,36)/t22-,24+,25-,26?/m0/s1. The zero-order valence-corrected chi connectivity index (χ0v) is 19.8. The number of aromatic nitrogens is 2. The van der Waals surface area contributed by atoms with Crippen molar-refractivity contribution in [3.63, 3.8) is 0 Å². The summed E-state index contributed by atoms with van der Waals surface area (Å²) in [5, 5.41) is 16.3. The number of H-pyrrole nitrogens is 1. The molecule has 37 heavy (non-hydrogen) atoms. The Hall–Kier alpha value is -4.43. The fourth-order valence-electron chi connectivity index (χ4n) is 5.33. The molecule has 0 amide bonds. The largest absolute Gasteiger partial charge is 0.389 e. The van der Waals surface area contributed by atoms with Crippen molar-refractivity contribution in [3.05, 3.63) is 151 Å². The van der Waals surface area contributed by atoms with Crippen LogP contribution in [0.1, 0.15) is 29.3 Å². The smallest absolute Gasteiger partial charge is 0.330 e. The molecular weight excluding hydrogens is 470 g/mol. The van der Waals surface area contributed by atoms with E-state index >= 15 is 0 Å². The molecule has 0 saturated carbocycles. The van der Waals surface area contributed by atoms with E-state index in [2.05, 4.69) is 15.0 Å². The molecule has 0 bridgehead atoms. The van der Waals surface area contributed by atoms with Gasteiger partial charge in [0.1, 0.15) is 6.23 Å². The average molecular weight is 496 g/mol. The van der Waals surface area contributed by atoms with E-state index in [-0.39, 0.29) is 6.42 Å². The summed E-state index contributed by atoms with van der Waals surface area (Å²) >= 11 is 0. The number of benzene rings is 3. The lowest BCUT2D eigenvalue weighted by atomic mass is 9.64. The van der Waals surface area contributed by atoms with E-state index in [1.807, 2.05) is 91.0 Å². The molecular formula is C28H25N5O4. The lowest BCUT2D eigenvalue weighted by Crippen LogP contribution is -2.51. The van der Waals surface area contributed by atoms with Crippen molar-refractivity contribution < 1.29 is 9.84 Å². The Morgan fingerprint density at radius 2 is 1.43 bits per heavy atom. The van der Waals surface area contributed by atoms with Gasteiger partial charge in [-0.2, -0.15) is 0 Å². The predicted molar refractivity (Wildman–Crippen MR) is 138 cm³/mol. The van der Waals surface area contributed by atoms with Crippen LogP contribution in [0.25, 0.3) is 10.4 Å². The normalized spacial score (nSPS) is 20.2. The fraction of sp³-hybridized carbons (Fsp3) is 0.214. The number of hydrogen-bond acceptors (Lipinski definition) is 5. The highest BCUT2D eigenvalue weighted by Gasteiger charge is 2.52. The molecule has 0 spiro atoms. The molecule has 5 rings (SSSR count). The average Bonchev–Trinajstić information content (AvgIpc) is 3.34. The van der Waals surface area contributed by atoms with Crippen LogP contribution in [0.5, 0.6) is 0 Å². The number of nitrogens with one attached hydrogen (secondary N) is 1.